The van der Waals surface area contributed by atoms with E-state index in [2.05, 4.69) is 26.3 Å². The number of hydrogen-bond acceptors (Lipinski definition) is 6. The van der Waals surface area contributed by atoms with Crippen LogP contribution in [0.4, 0.5) is 11.9 Å². The van der Waals surface area contributed by atoms with Crippen molar-refractivity contribution in [1.82, 2.24) is 15.0 Å². The van der Waals surface area contributed by atoms with Gasteiger partial charge in [0, 0.05) is 14.1 Å². The van der Waals surface area contributed by atoms with Gasteiger partial charge in [-0.05, 0) is 24.4 Å². The van der Waals surface area contributed by atoms with Crippen molar-refractivity contribution in [3.63, 3.8) is 0 Å². The molecule has 0 amide bonds. The molecule has 0 unspecified atom stereocenters. The van der Waals surface area contributed by atoms with Gasteiger partial charge < -0.3 is 10.2 Å². The van der Waals surface area contributed by atoms with Crippen LogP contribution in [-0.4, -0.2) is 34.6 Å². The summed E-state index contributed by atoms with van der Waals surface area (Å²) in [7, 11) is 3.57. The fourth-order valence-electron chi connectivity index (χ4n) is 2.45. The zero-order chi connectivity index (χ0) is 13.9. The predicted octanol–water partition coefficient (Wildman–Crippen LogP) is 2.23. The Morgan fingerprint density at radius 3 is 2.53 bits per heavy atom. The normalized spacial score (nSPS) is 17.6. The molecule has 1 aromatic heterocycles. The quantitative estimate of drug-likeness (QED) is 0.915. The molecule has 0 aromatic carbocycles. The Morgan fingerprint density at radius 2 is 1.95 bits per heavy atom. The smallest absolute Gasteiger partial charge is 0.232 e. The van der Waals surface area contributed by atoms with E-state index in [-0.39, 0.29) is 5.28 Å². The van der Waals surface area contributed by atoms with Gasteiger partial charge in [-0.3, -0.25) is 0 Å². The van der Waals surface area contributed by atoms with E-state index in [0.717, 1.165) is 25.7 Å². The van der Waals surface area contributed by atoms with Gasteiger partial charge in [0.1, 0.15) is 5.54 Å². The molecule has 1 fully saturated rings. The molecule has 1 aliphatic rings. The Kier molecular flexibility index (Phi) is 4.05. The van der Waals surface area contributed by atoms with E-state index >= 15 is 0 Å². The lowest BCUT2D eigenvalue weighted by molar-refractivity contribution is 0.350. The molecule has 0 bridgehead atoms. The van der Waals surface area contributed by atoms with Crippen molar-refractivity contribution in [2.45, 2.75) is 37.6 Å². The van der Waals surface area contributed by atoms with Crippen molar-refractivity contribution in [1.29, 1.82) is 5.26 Å². The highest BCUT2D eigenvalue weighted by molar-refractivity contribution is 6.28. The van der Waals surface area contributed by atoms with Crippen LogP contribution in [0.15, 0.2) is 0 Å². The maximum Gasteiger partial charge on any atom is 0.232 e. The van der Waals surface area contributed by atoms with Crippen LogP contribution in [0.25, 0.3) is 0 Å². The summed E-state index contributed by atoms with van der Waals surface area (Å²) in [4.78, 5) is 14.2. The summed E-state index contributed by atoms with van der Waals surface area (Å²) in [6, 6.07) is 2.43. The molecule has 1 aromatic rings. The van der Waals surface area contributed by atoms with Crippen LogP contribution in [0.3, 0.4) is 0 Å². The summed E-state index contributed by atoms with van der Waals surface area (Å²) in [6.07, 6.45) is 4.94. The first-order chi connectivity index (χ1) is 9.11. The largest absolute Gasteiger partial charge is 0.357 e. The highest BCUT2D eigenvalue weighted by Crippen LogP contribution is 2.34. The molecule has 102 valence electrons. The van der Waals surface area contributed by atoms with Crippen molar-refractivity contribution in [3.8, 4) is 6.07 Å². The number of nitrogens with one attached hydrogen (secondary N) is 1. The summed E-state index contributed by atoms with van der Waals surface area (Å²) >= 11 is 5.89. The van der Waals surface area contributed by atoms with Gasteiger partial charge in [0.2, 0.25) is 17.2 Å². The van der Waals surface area contributed by atoms with Crippen molar-refractivity contribution in [2.75, 3.05) is 24.3 Å². The lowest BCUT2D eigenvalue weighted by Crippen LogP contribution is -2.47. The Morgan fingerprint density at radius 1 is 1.26 bits per heavy atom. The lowest BCUT2D eigenvalue weighted by Gasteiger charge is -2.38. The van der Waals surface area contributed by atoms with Gasteiger partial charge in [-0.2, -0.15) is 20.2 Å². The number of rotatable bonds is 3. The van der Waals surface area contributed by atoms with Gasteiger partial charge in [0.25, 0.3) is 0 Å². The van der Waals surface area contributed by atoms with Gasteiger partial charge in [0.15, 0.2) is 0 Å². The number of aromatic nitrogens is 3. The van der Waals surface area contributed by atoms with Crippen LogP contribution in [0.2, 0.25) is 5.28 Å². The maximum absolute atomic E-state index is 9.56. The minimum atomic E-state index is -0.534. The van der Waals surface area contributed by atoms with E-state index in [1.54, 1.807) is 7.05 Å². The monoisotopic (exact) mass is 280 g/mol. The standard InChI is InChI=1S/C12H17ClN6/c1-15-10-16-9(13)17-11(18-10)19(2)12(8-14)6-4-3-5-7-12/h3-7H2,1-2H3,(H,15,16,17,18). The molecule has 0 radical (unpaired) electrons. The second-order valence-corrected chi connectivity index (χ2v) is 5.08. The van der Waals surface area contributed by atoms with Crippen molar-refractivity contribution in [3.05, 3.63) is 5.28 Å². The maximum atomic E-state index is 9.56. The average Bonchev–Trinajstić information content (AvgIpc) is 2.46. The third-order valence-electron chi connectivity index (χ3n) is 3.65. The van der Waals surface area contributed by atoms with E-state index in [9.17, 15) is 5.26 Å². The fourth-order valence-corrected chi connectivity index (χ4v) is 2.61. The summed E-state index contributed by atoms with van der Waals surface area (Å²) in [5.74, 6) is 0.846. The molecule has 2 rings (SSSR count). The average molecular weight is 281 g/mol. The summed E-state index contributed by atoms with van der Waals surface area (Å²) in [5.41, 5.74) is -0.534. The van der Waals surface area contributed by atoms with Gasteiger partial charge in [-0.25, -0.2) is 0 Å². The van der Waals surface area contributed by atoms with Crippen molar-refractivity contribution < 1.29 is 0 Å². The molecule has 0 aliphatic heterocycles. The Balaban J connectivity index is 2.34. The molecule has 7 heteroatoms. The van der Waals surface area contributed by atoms with Crippen LogP contribution in [0, 0.1) is 11.3 Å². The molecule has 1 heterocycles. The first-order valence-corrected chi connectivity index (χ1v) is 6.73. The number of halogens is 1. The molecule has 19 heavy (non-hydrogen) atoms. The lowest BCUT2D eigenvalue weighted by atomic mass is 9.82. The molecule has 0 atom stereocenters. The zero-order valence-electron chi connectivity index (χ0n) is 11.1. The number of nitriles is 1. The second kappa shape index (κ2) is 5.57. The topological polar surface area (TPSA) is 77.7 Å². The number of anilines is 2. The second-order valence-electron chi connectivity index (χ2n) is 4.74. The summed E-state index contributed by atoms with van der Waals surface area (Å²) in [6.45, 7) is 0. The van der Waals surface area contributed by atoms with Crippen molar-refractivity contribution >= 4 is 23.5 Å². The van der Waals surface area contributed by atoms with Crippen LogP contribution in [0.5, 0.6) is 0 Å². The zero-order valence-corrected chi connectivity index (χ0v) is 11.9. The third-order valence-corrected chi connectivity index (χ3v) is 3.82. The van der Waals surface area contributed by atoms with Crippen LogP contribution in [-0.2, 0) is 0 Å². The molecule has 1 aliphatic carbocycles. The summed E-state index contributed by atoms with van der Waals surface area (Å²) < 4.78 is 0. The number of nitrogens with zero attached hydrogens (tertiary/aromatic N) is 5. The first kappa shape index (κ1) is 13.8. The van der Waals surface area contributed by atoms with E-state index in [1.807, 2.05) is 11.9 Å². The molecular weight excluding hydrogens is 264 g/mol. The van der Waals surface area contributed by atoms with Crippen LogP contribution in [0.1, 0.15) is 32.1 Å². The molecule has 0 saturated heterocycles. The van der Waals surface area contributed by atoms with Gasteiger partial charge in [-0.15, -0.1) is 0 Å². The Labute approximate surface area is 117 Å². The van der Waals surface area contributed by atoms with Crippen LogP contribution >= 0.6 is 11.6 Å². The van der Waals surface area contributed by atoms with Gasteiger partial charge in [0.05, 0.1) is 6.07 Å². The molecule has 6 nitrogen and oxygen atoms in total. The Bertz CT molecular complexity index is 491. The predicted molar refractivity (Wildman–Crippen MR) is 74.2 cm³/mol. The first-order valence-electron chi connectivity index (χ1n) is 6.36. The number of hydrogen-bond donors (Lipinski definition) is 1. The van der Waals surface area contributed by atoms with Crippen LogP contribution < -0.4 is 10.2 Å². The van der Waals surface area contributed by atoms with Gasteiger partial charge in [-0.1, -0.05) is 19.3 Å². The van der Waals surface area contributed by atoms with E-state index in [1.165, 1.54) is 6.42 Å². The van der Waals surface area contributed by atoms with Crippen molar-refractivity contribution in [2.24, 2.45) is 0 Å². The third kappa shape index (κ3) is 2.71. The van der Waals surface area contributed by atoms with E-state index in [4.69, 9.17) is 11.6 Å². The molecule has 1 N–H and O–H groups in total. The SMILES string of the molecule is CNc1nc(Cl)nc(N(C)C2(C#N)CCCCC2)n1. The molecule has 0 spiro atoms. The van der Waals surface area contributed by atoms with E-state index < -0.39 is 5.54 Å². The van der Waals surface area contributed by atoms with E-state index in [0.29, 0.717) is 11.9 Å². The highest BCUT2D eigenvalue weighted by atomic mass is 35.5. The minimum absolute atomic E-state index is 0.130. The fraction of sp³-hybridized carbons (Fsp3) is 0.667. The molecular formula is C12H17ClN6. The highest BCUT2D eigenvalue weighted by Gasteiger charge is 2.38. The Hall–Kier alpha value is -1.61. The van der Waals surface area contributed by atoms with Gasteiger partial charge >= 0.3 is 0 Å². The summed E-state index contributed by atoms with van der Waals surface area (Å²) in [5, 5.41) is 12.5. The molecule has 1 saturated carbocycles. The minimum Gasteiger partial charge on any atom is -0.357 e.